The number of nitrogens with two attached hydrogens (primary N) is 3. The number of hydrogen-bond donors (Lipinski definition) is 9. The summed E-state index contributed by atoms with van der Waals surface area (Å²) >= 11 is 5.81. The van der Waals surface area contributed by atoms with Gasteiger partial charge >= 0.3 is 0 Å². The average molecular weight is 667 g/mol. The van der Waals surface area contributed by atoms with E-state index in [-0.39, 0.29) is 41.2 Å². The van der Waals surface area contributed by atoms with Crippen LogP contribution in [0, 0.1) is 0 Å². The minimum Gasteiger partial charge on any atom is -0.512 e. The molecule has 0 unspecified atom stereocenters. The lowest BCUT2D eigenvalue weighted by Gasteiger charge is -2.29. The predicted octanol–water partition coefficient (Wildman–Crippen LogP) is 1.66. The summed E-state index contributed by atoms with van der Waals surface area (Å²) in [6, 6.07) is 7.70. The number of carbonyl (C=O) groups is 1. The van der Waals surface area contributed by atoms with Gasteiger partial charge in [0.05, 0.1) is 6.10 Å². The van der Waals surface area contributed by atoms with Crippen molar-refractivity contribution in [2.24, 2.45) is 10.7 Å². The highest BCUT2D eigenvalue weighted by molar-refractivity contribution is 6.31. The number of aliphatic imine (C=N–C) groups is 1. The zero-order valence-electron chi connectivity index (χ0n) is 26.1. The van der Waals surface area contributed by atoms with Gasteiger partial charge in [-0.15, -0.1) is 0 Å². The van der Waals surface area contributed by atoms with E-state index in [4.69, 9.17) is 38.6 Å². The molecule has 16 heteroatoms. The summed E-state index contributed by atoms with van der Waals surface area (Å²) in [5.74, 6) is -1.17. The maximum Gasteiger partial charge on any atom is 0.280 e. The van der Waals surface area contributed by atoms with Gasteiger partial charge in [-0.3, -0.25) is 20.0 Å². The molecule has 2 aromatic rings. The lowest BCUT2D eigenvalue weighted by Crippen LogP contribution is -2.46. The summed E-state index contributed by atoms with van der Waals surface area (Å²) in [5, 5.41) is 51.1. The molecule has 1 aromatic heterocycles. The van der Waals surface area contributed by atoms with Gasteiger partial charge in [0, 0.05) is 19.6 Å². The van der Waals surface area contributed by atoms with Crippen LogP contribution in [0.4, 0.5) is 11.6 Å². The van der Waals surface area contributed by atoms with E-state index in [1.807, 2.05) is 29.2 Å². The molecule has 0 spiro atoms. The third-order valence-electron chi connectivity index (χ3n) is 7.04. The van der Waals surface area contributed by atoms with Crippen LogP contribution in [0.15, 0.2) is 41.3 Å². The number of nitrogen functional groups attached to an aromatic ring is 2. The maximum atomic E-state index is 12.3. The summed E-state index contributed by atoms with van der Waals surface area (Å²) in [4.78, 5) is 26.0. The van der Waals surface area contributed by atoms with Crippen LogP contribution in [0.1, 0.15) is 61.5 Å². The average Bonchev–Trinajstić information content (AvgIpc) is 3.03. The van der Waals surface area contributed by atoms with E-state index < -0.39 is 30.0 Å². The smallest absolute Gasteiger partial charge is 0.280 e. The van der Waals surface area contributed by atoms with Gasteiger partial charge < -0.3 is 47.5 Å². The number of aryl methyl sites for hydroxylation is 1. The Balaban J connectivity index is 1.77. The second kappa shape index (κ2) is 20.3. The van der Waals surface area contributed by atoms with Crippen LogP contribution < -0.4 is 27.3 Å². The molecule has 0 bridgehead atoms. The van der Waals surface area contributed by atoms with Gasteiger partial charge in [0.25, 0.3) is 5.91 Å². The van der Waals surface area contributed by atoms with Crippen LogP contribution in [0.2, 0.25) is 5.15 Å². The van der Waals surface area contributed by atoms with Crippen molar-refractivity contribution in [2.75, 3.05) is 44.3 Å². The molecule has 0 fully saturated rings. The lowest BCUT2D eigenvalue weighted by atomic mass is 10.1. The third kappa shape index (κ3) is 13.2. The van der Waals surface area contributed by atoms with E-state index in [2.05, 4.69) is 27.2 Å². The molecule has 0 aliphatic heterocycles. The maximum absolute atomic E-state index is 12.3. The number of unbranched alkanes of at least 4 members (excludes halogenated alkanes) is 4. The number of carbonyl (C=O) groups excluding carboxylic acids is 1. The van der Waals surface area contributed by atoms with Gasteiger partial charge in [-0.2, -0.15) is 0 Å². The number of guanidine groups is 1. The van der Waals surface area contributed by atoms with Gasteiger partial charge in [-0.1, -0.05) is 49.9 Å². The van der Waals surface area contributed by atoms with E-state index in [1.165, 1.54) is 0 Å². The van der Waals surface area contributed by atoms with Crippen molar-refractivity contribution in [3.63, 3.8) is 0 Å². The molecular weight excluding hydrogens is 620 g/mol. The number of nitrogens with zero attached hydrogens (tertiary/aromatic N) is 4. The first-order valence-corrected chi connectivity index (χ1v) is 15.6. The van der Waals surface area contributed by atoms with Gasteiger partial charge in [-0.05, 0) is 49.9 Å². The molecule has 15 nitrogen and oxygen atoms in total. The molecule has 0 saturated heterocycles. The molecule has 0 radical (unpaired) electrons. The van der Waals surface area contributed by atoms with Crippen LogP contribution in [-0.4, -0.2) is 103 Å². The van der Waals surface area contributed by atoms with Crippen molar-refractivity contribution < 1.29 is 35.1 Å². The number of anilines is 2. The summed E-state index contributed by atoms with van der Waals surface area (Å²) in [7, 11) is 0. The first-order valence-electron chi connectivity index (χ1n) is 15.2. The van der Waals surface area contributed by atoms with Crippen LogP contribution in [-0.2, 0) is 6.42 Å². The normalized spacial score (nSPS) is 14.2. The minimum atomic E-state index is -1.80. The van der Waals surface area contributed by atoms with E-state index >= 15 is 0 Å². The molecule has 3 atom stereocenters. The van der Waals surface area contributed by atoms with Gasteiger partial charge in [-0.25, -0.2) is 9.97 Å². The minimum absolute atomic E-state index is 0.0498. The fraction of sp³-hybridized carbons (Fsp3) is 0.533. The molecule has 256 valence electrons. The van der Waals surface area contributed by atoms with E-state index in [1.54, 1.807) is 0 Å². The molecule has 0 aliphatic rings. The number of amides is 1. The second-order valence-electron chi connectivity index (χ2n) is 10.7. The first kappa shape index (κ1) is 38.3. The number of benzene rings is 1. The van der Waals surface area contributed by atoms with Crippen LogP contribution in [0.25, 0.3) is 0 Å². The number of nitrogens with one attached hydrogen (secondary N) is 1. The van der Waals surface area contributed by atoms with E-state index in [9.17, 15) is 25.2 Å². The van der Waals surface area contributed by atoms with E-state index in [0.717, 1.165) is 50.5 Å². The fourth-order valence-corrected chi connectivity index (χ4v) is 4.53. The Morgan fingerprint density at radius 3 is 2.46 bits per heavy atom. The molecule has 12 N–H and O–H groups in total. The van der Waals surface area contributed by atoms with Gasteiger partial charge in [0.2, 0.25) is 0 Å². The Morgan fingerprint density at radius 1 is 1.07 bits per heavy atom. The summed E-state index contributed by atoms with van der Waals surface area (Å²) in [6.45, 7) is 4.02. The second-order valence-corrected chi connectivity index (χ2v) is 11.1. The molecule has 0 aliphatic carbocycles. The molecule has 2 rings (SSSR count). The quantitative estimate of drug-likeness (QED) is 0.0422. The number of rotatable bonds is 20. The fourth-order valence-electron chi connectivity index (χ4n) is 4.40. The van der Waals surface area contributed by atoms with Crippen LogP contribution >= 0.6 is 11.6 Å². The number of aliphatic hydroxyl groups excluding tert-OH is 5. The number of aromatic nitrogens is 2. The molecule has 46 heavy (non-hydrogen) atoms. The highest BCUT2D eigenvalue weighted by Gasteiger charge is 2.29. The molecule has 1 aromatic carbocycles. The van der Waals surface area contributed by atoms with Crippen LogP contribution in [0.3, 0.4) is 0 Å². The zero-order valence-corrected chi connectivity index (χ0v) is 26.8. The zero-order chi connectivity index (χ0) is 34.1. The SMILES string of the molecule is CCCCCCN(CCOc1ccc(CCCCN=C(N)NC(=O)c2nc(Cl)c(N)nc2N)cc1)C[C@H](O)[C@@H](O)[C@H](O)/C(O)=C\O. The van der Waals surface area contributed by atoms with E-state index in [0.29, 0.717) is 32.0 Å². The molecule has 1 heterocycles. The largest absolute Gasteiger partial charge is 0.512 e. The summed E-state index contributed by atoms with van der Waals surface area (Å²) in [6.07, 6.45) is 1.90. The molecule has 0 saturated carbocycles. The number of aliphatic hydroxyl groups is 5. The Labute approximate surface area is 273 Å². The number of hydrogen-bond acceptors (Lipinski definition) is 13. The topological polar surface area (TPSA) is 259 Å². The third-order valence-corrected chi connectivity index (χ3v) is 7.32. The Hall–Kier alpha value is -3.89. The number of halogens is 1. The van der Waals surface area contributed by atoms with Gasteiger partial charge in [0.1, 0.15) is 30.8 Å². The van der Waals surface area contributed by atoms with Crippen molar-refractivity contribution in [3.05, 3.63) is 52.7 Å². The van der Waals surface area contributed by atoms with Gasteiger partial charge in [0.15, 0.2) is 34.2 Å². The standard InChI is InChI=1S/C30H47ClN8O7/c1-2-3-4-7-14-39(17-21(41)24(43)25(44)22(42)18-40)15-16-46-20-11-9-19(10-12-20)8-5-6-13-35-30(34)38-29(45)23-27(32)37-28(33)26(31)36-23/h9-12,18,21,24-25,40-44H,2-8,13-17H2,1H3,(H4,32,33,37)(H3,34,35,38,45)/b22-18+/t21-,24+,25+/m0/s1. The summed E-state index contributed by atoms with van der Waals surface area (Å²) in [5.41, 5.74) is 17.9. The molecular formula is C30H47ClN8O7. The summed E-state index contributed by atoms with van der Waals surface area (Å²) < 4.78 is 5.90. The van der Waals surface area contributed by atoms with Crippen molar-refractivity contribution in [3.8, 4) is 5.75 Å². The highest BCUT2D eigenvalue weighted by Crippen LogP contribution is 2.17. The van der Waals surface area contributed by atoms with Crippen molar-refractivity contribution in [1.29, 1.82) is 0 Å². The van der Waals surface area contributed by atoms with Crippen molar-refractivity contribution >= 4 is 35.1 Å². The highest BCUT2D eigenvalue weighted by atomic mass is 35.5. The van der Waals surface area contributed by atoms with Crippen molar-refractivity contribution in [1.82, 2.24) is 20.2 Å². The predicted molar refractivity (Wildman–Crippen MR) is 177 cm³/mol. The molecule has 1 amide bonds. The first-order chi connectivity index (χ1) is 22.0. The number of ether oxygens (including phenoxy) is 1. The lowest BCUT2D eigenvalue weighted by molar-refractivity contribution is -0.0688. The Morgan fingerprint density at radius 2 is 1.78 bits per heavy atom. The Kier molecular flexibility index (Phi) is 16.9. The monoisotopic (exact) mass is 666 g/mol. The Bertz CT molecular complexity index is 1280. The van der Waals surface area contributed by atoms with Crippen LogP contribution in [0.5, 0.6) is 5.75 Å². The van der Waals surface area contributed by atoms with Crippen molar-refractivity contribution in [2.45, 2.75) is 70.2 Å².